The molecule has 256 valence electrons. The Labute approximate surface area is 291 Å². The quantitative estimate of drug-likeness (QED) is 0.262. The molecule has 8 rings (SSSR count). The van der Waals surface area contributed by atoms with E-state index in [4.69, 9.17) is 14.2 Å². The van der Waals surface area contributed by atoms with Crippen molar-refractivity contribution in [3.05, 3.63) is 68.1 Å². The average molecular weight is 704 g/mol. The Hall–Kier alpha value is -4.10. The van der Waals surface area contributed by atoms with E-state index in [1.165, 1.54) is 16.2 Å². The molecular weight excluding hydrogens is 667 g/mol. The number of aromatic amines is 1. The van der Waals surface area contributed by atoms with E-state index in [1.54, 1.807) is 50.1 Å². The van der Waals surface area contributed by atoms with Crippen LogP contribution in [0.25, 0.3) is 0 Å². The summed E-state index contributed by atoms with van der Waals surface area (Å²) in [6.45, 7) is 3.41. The Morgan fingerprint density at radius 3 is 2.39 bits per heavy atom. The van der Waals surface area contributed by atoms with Gasteiger partial charge in [0.15, 0.2) is 18.1 Å². The molecule has 4 fully saturated rings. The van der Waals surface area contributed by atoms with Crippen LogP contribution >= 0.6 is 23.1 Å². The van der Waals surface area contributed by atoms with Crippen LogP contribution in [0.15, 0.2) is 52.3 Å². The molecule has 1 aromatic heterocycles. The van der Waals surface area contributed by atoms with Gasteiger partial charge in [-0.2, -0.15) is 0 Å². The third-order valence-corrected chi connectivity index (χ3v) is 13.6. The number of likely N-dealkylation sites (tertiary alicyclic amines) is 1. The summed E-state index contributed by atoms with van der Waals surface area (Å²) in [5.74, 6) is -1.13. The SMILES string of the molecule is CCOC(=O)c1ccc(N2C(=O)C3C(C2=O)[C@@H]2C[C@H]3C3Sc4[nH]c(=O)sc4[C@H](c4ccc(OCC(=O)N5CCCCC5)c(OC)c4)C32)cc1. The summed E-state index contributed by atoms with van der Waals surface area (Å²) >= 11 is 2.82. The van der Waals surface area contributed by atoms with Gasteiger partial charge in [0.05, 0.1) is 41.8 Å². The van der Waals surface area contributed by atoms with Crippen LogP contribution < -0.4 is 19.2 Å². The van der Waals surface area contributed by atoms with Crippen molar-refractivity contribution in [2.24, 2.45) is 29.6 Å². The Kier molecular flexibility index (Phi) is 8.30. The molecule has 3 aromatic rings. The Morgan fingerprint density at radius 1 is 0.939 bits per heavy atom. The Morgan fingerprint density at radius 2 is 1.67 bits per heavy atom. The molecule has 4 heterocycles. The van der Waals surface area contributed by atoms with Crippen LogP contribution in [-0.2, 0) is 19.1 Å². The number of esters is 1. The van der Waals surface area contributed by atoms with Gasteiger partial charge in [-0.15, -0.1) is 11.8 Å². The maximum absolute atomic E-state index is 14.1. The Bertz CT molecular complexity index is 1880. The molecule has 5 aliphatic rings. The lowest BCUT2D eigenvalue weighted by molar-refractivity contribution is -0.134. The van der Waals surface area contributed by atoms with E-state index in [-0.39, 0.29) is 64.7 Å². The monoisotopic (exact) mass is 703 g/mol. The fourth-order valence-electron chi connectivity index (χ4n) is 8.98. The van der Waals surface area contributed by atoms with E-state index in [9.17, 15) is 24.0 Å². The number of methoxy groups -OCH3 is 1. The number of nitrogens with zero attached hydrogens (tertiary/aromatic N) is 2. The van der Waals surface area contributed by atoms with Gasteiger partial charge in [-0.1, -0.05) is 17.4 Å². The third-order valence-electron chi connectivity index (χ3n) is 11.0. The van der Waals surface area contributed by atoms with E-state index < -0.39 is 17.8 Å². The van der Waals surface area contributed by atoms with Crippen molar-refractivity contribution in [3.8, 4) is 11.5 Å². The summed E-state index contributed by atoms with van der Waals surface area (Å²) in [5, 5.41) is 0.848. The molecule has 2 aromatic carbocycles. The van der Waals surface area contributed by atoms with Crippen molar-refractivity contribution in [2.75, 3.05) is 38.3 Å². The number of imide groups is 1. The van der Waals surface area contributed by atoms with Crippen molar-refractivity contribution < 1.29 is 33.4 Å². The van der Waals surface area contributed by atoms with Gasteiger partial charge < -0.3 is 24.1 Å². The first-order valence-electron chi connectivity index (χ1n) is 16.9. The van der Waals surface area contributed by atoms with Crippen LogP contribution in [0.3, 0.4) is 0 Å². The largest absolute Gasteiger partial charge is 0.493 e. The highest BCUT2D eigenvalue weighted by molar-refractivity contribution is 8.00. The molecule has 1 N–H and O–H groups in total. The highest BCUT2D eigenvalue weighted by Crippen LogP contribution is 2.68. The standard InChI is InChI=1S/C36H37N3O8S2/c1-3-46-35(43)18-7-10-20(11-8-18)39-33(41)28-21-16-22(29(28)34(39)42)30-27(21)26(31-32(48-30)37-36(44)49-31)19-9-12-23(24(15-19)45-2)47-17-25(40)38-13-5-4-6-14-38/h7-12,15,21-22,26-30H,3-6,13-14,16-17H2,1-2H3,(H,37,44)/t21-,22-,26-,27?,28?,29?,30?/m1/s1. The number of aromatic nitrogens is 1. The second-order valence-corrected chi connectivity index (χ2v) is 15.6. The summed E-state index contributed by atoms with van der Waals surface area (Å²) < 4.78 is 16.8. The van der Waals surface area contributed by atoms with Gasteiger partial charge in [-0.25, -0.2) is 4.79 Å². The number of hydrogen-bond donors (Lipinski definition) is 1. The molecule has 11 nitrogen and oxygen atoms in total. The number of hydrogen-bond acceptors (Lipinski definition) is 10. The number of piperidine rings is 1. The van der Waals surface area contributed by atoms with Crippen LogP contribution in [0, 0.1) is 29.6 Å². The number of thioether (sulfide) groups is 1. The predicted molar refractivity (Wildman–Crippen MR) is 182 cm³/mol. The molecule has 2 aliphatic carbocycles. The molecule has 3 aliphatic heterocycles. The zero-order chi connectivity index (χ0) is 34.0. The normalized spacial score (nSPS) is 28.2. The molecule has 2 saturated heterocycles. The number of thiazole rings is 1. The summed E-state index contributed by atoms with van der Waals surface area (Å²) in [6, 6.07) is 12.2. The molecule has 49 heavy (non-hydrogen) atoms. The minimum Gasteiger partial charge on any atom is -0.493 e. The van der Waals surface area contributed by atoms with Crippen molar-refractivity contribution in [1.82, 2.24) is 9.88 Å². The lowest BCUT2D eigenvalue weighted by Crippen LogP contribution is -2.42. The van der Waals surface area contributed by atoms with Crippen molar-refractivity contribution in [3.63, 3.8) is 0 Å². The first kappa shape index (κ1) is 32.1. The lowest BCUT2D eigenvalue weighted by atomic mass is 9.68. The van der Waals surface area contributed by atoms with Crippen LogP contribution in [0.4, 0.5) is 5.69 Å². The van der Waals surface area contributed by atoms with Gasteiger partial charge in [0.1, 0.15) is 0 Å². The molecule has 7 atom stereocenters. The second-order valence-electron chi connectivity index (χ2n) is 13.4. The summed E-state index contributed by atoms with van der Waals surface area (Å²) in [4.78, 5) is 72.8. The molecule has 0 spiro atoms. The predicted octanol–water partition coefficient (Wildman–Crippen LogP) is 4.69. The molecule has 0 radical (unpaired) electrons. The summed E-state index contributed by atoms with van der Waals surface area (Å²) in [6.07, 6.45) is 3.91. The number of carbonyl (C=O) groups excluding carboxylic acids is 4. The molecule has 13 heteroatoms. The fourth-order valence-corrected chi connectivity index (χ4v) is 11.9. The van der Waals surface area contributed by atoms with E-state index in [0.717, 1.165) is 54.2 Å². The highest BCUT2D eigenvalue weighted by atomic mass is 32.2. The molecule has 4 unspecified atom stereocenters. The van der Waals surface area contributed by atoms with E-state index in [2.05, 4.69) is 4.98 Å². The average Bonchev–Trinajstić information content (AvgIpc) is 3.86. The second kappa shape index (κ2) is 12.7. The third kappa shape index (κ3) is 5.27. The number of amides is 3. The smallest absolute Gasteiger partial charge is 0.338 e. The number of ether oxygens (including phenoxy) is 3. The lowest BCUT2D eigenvalue weighted by Gasteiger charge is -2.43. The highest BCUT2D eigenvalue weighted by Gasteiger charge is 2.69. The van der Waals surface area contributed by atoms with E-state index in [0.29, 0.717) is 22.7 Å². The van der Waals surface area contributed by atoms with Crippen LogP contribution in [-0.4, -0.2) is 72.2 Å². The topological polar surface area (TPSA) is 135 Å². The first-order valence-corrected chi connectivity index (χ1v) is 18.6. The van der Waals surface area contributed by atoms with Gasteiger partial charge in [-0.3, -0.25) is 24.1 Å². The van der Waals surface area contributed by atoms with Gasteiger partial charge >= 0.3 is 10.8 Å². The number of fused-ring (bicyclic) bond motifs is 9. The minimum atomic E-state index is -0.464. The van der Waals surface area contributed by atoms with Gasteiger partial charge in [0.2, 0.25) is 11.8 Å². The zero-order valence-corrected chi connectivity index (χ0v) is 28.8. The van der Waals surface area contributed by atoms with Gasteiger partial charge in [-0.05, 0) is 92.3 Å². The zero-order valence-electron chi connectivity index (χ0n) is 27.2. The van der Waals surface area contributed by atoms with Crippen molar-refractivity contribution in [2.45, 2.75) is 48.8 Å². The number of anilines is 1. The molecule has 3 amide bonds. The first-order chi connectivity index (χ1) is 23.8. The minimum absolute atomic E-state index is 0.00949. The van der Waals surface area contributed by atoms with Crippen molar-refractivity contribution in [1.29, 1.82) is 0 Å². The van der Waals surface area contributed by atoms with Crippen molar-refractivity contribution >= 4 is 52.5 Å². The number of rotatable bonds is 8. The summed E-state index contributed by atoms with van der Waals surface area (Å²) in [7, 11) is 1.57. The molecule has 2 saturated carbocycles. The maximum atomic E-state index is 14.1. The molecular formula is C36H37N3O8S2. The van der Waals surface area contributed by atoms with E-state index in [1.807, 2.05) is 23.1 Å². The van der Waals surface area contributed by atoms with Gasteiger partial charge in [0, 0.05) is 29.1 Å². The summed E-state index contributed by atoms with van der Waals surface area (Å²) in [5.41, 5.74) is 1.74. The number of nitrogens with one attached hydrogen (secondary N) is 1. The van der Waals surface area contributed by atoms with Crippen LogP contribution in [0.1, 0.15) is 59.3 Å². The number of carbonyl (C=O) groups is 4. The Balaban J connectivity index is 1.08. The van der Waals surface area contributed by atoms with Gasteiger partial charge in [0.25, 0.3) is 5.91 Å². The van der Waals surface area contributed by atoms with Crippen LogP contribution in [0.5, 0.6) is 11.5 Å². The number of H-pyrrole nitrogens is 1. The van der Waals surface area contributed by atoms with Crippen LogP contribution in [0.2, 0.25) is 0 Å². The maximum Gasteiger partial charge on any atom is 0.338 e. The number of benzene rings is 2. The van der Waals surface area contributed by atoms with E-state index >= 15 is 0 Å². The molecule has 2 bridgehead atoms. The fraction of sp³-hybridized carbons (Fsp3) is 0.472.